The first kappa shape index (κ1) is 11.1. The van der Waals surface area contributed by atoms with Crippen LogP contribution >= 0.6 is 34.2 Å². The lowest BCUT2D eigenvalue weighted by Gasteiger charge is -2.10. The van der Waals surface area contributed by atoms with Crippen LogP contribution in [-0.4, -0.2) is 0 Å². The summed E-state index contributed by atoms with van der Waals surface area (Å²) in [7, 11) is 0. The van der Waals surface area contributed by atoms with Crippen molar-refractivity contribution in [3.8, 4) is 0 Å². The van der Waals surface area contributed by atoms with Crippen molar-refractivity contribution < 1.29 is 0 Å². The second kappa shape index (κ2) is 4.51. The number of nitrogen functional groups attached to an aromatic ring is 1. The van der Waals surface area contributed by atoms with Gasteiger partial charge in [-0.05, 0) is 52.6 Å². The highest BCUT2D eigenvalue weighted by molar-refractivity contribution is 14.1. The van der Waals surface area contributed by atoms with E-state index in [0.717, 1.165) is 26.3 Å². The monoisotopic (exact) mass is 309 g/mol. The molecule has 1 aromatic carbocycles. The number of hydrogen-bond acceptors (Lipinski definition) is 1. The fraction of sp³-hybridized carbons (Fsp3) is 0.400. The molecule has 0 saturated carbocycles. The summed E-state index contributed by atoms with van der Waals surface area (Å²) in [5.74, 6) is 0.608. The number of benzene rings is 1. The summed E-state index contributed by atoms with van der Waals surface area (Å²) in [6.45, 7) is 4.35. The van der Waals surface area contributed by atoms with Crippen LogP contribution in [0.15, 0.2) is 12.1 Å². The van der Waals surface area contributed by atoms with Crippen LogP contribution in [0.5, 0.6) is 0 Å². The SMILES string of the molecule is CC(C)Cc1cc(Cl)cc(I)c1N. The first-order valence-corrected chi connectivity index (χ1v) is 5.69. The van der Waals surface area contributed by atoms with Crippen LogP contribution in [-0.2, 0) is 6.42 Å². The first-order valence-electron chi connectivity index (χ1n) is 4.24. The molecule has 0 unspecified atom stereocenters. The molecule has 0 saturated heterocycles. The van der Waals surface area contributed by atoms with Gasteiger partial charge in [-0.3, -0.25) is 0 Å². The van der Waals surface area contributed by atoms with Crippen molar-refractivity contribution in [2.45, 2.75) is 20.3 Å². The predicted molar refractivity (Wildman–Crippen MR) is 67.1 cm³/mol. The summed E-state index contributed by atoms with van der Waals surface area (Å²) in [5, 5.41) is 0.772. The molecule has 0 aromatic heterocycles. The third kappa shape index (κ3) is 3.02. The van der Waals surface area contributed by atoms with Gasteiger partial charge in [0.05, 0.1) is 0 Å². The summed E-state index contributed by atoms with van der Waals surface area (Å²) in [6, 6.07) is 3.85. The van der Waals surface area contributed by atoms with E-state index in [1.54, 1.807) is 0 Å². The van der Waals surface area contributed by atoms with Crippen molar-refractivity contribution in [3.63, 3.8) is 0 Å². The fourth-order valence-electron chi connectivity index (χ4n) is 1.25. The average molecular weight is 310 g/mol. The van der Waals surface area contributed by atoms with Crippen molar-refractivity contribution in [1.29, 1.82) is 0 Å². The Labute approximate surface area is 97.8 Å². The van der Waals surface area contributed by atoms with Gasteiger partial charge in [-0.2, -0.15) is 0 Å². The zero-order valence-corrected chi connectivity index (χ0v) is 10.7. The van der Waals surface area contributed by atoms with Crippen LogP contribution in [0.4, 0.5) is 5.69 Å². The van der Waals surface area contributed by atoms with E-state index >= 15 is 0 Å². The van der Waals surface area contributed by atoms with Gasteiger partial charge in [-0.1, -0.05) is 25.4 Å². The molecule has 0 aliphatic carbocycles. The Morgan fingerprint density at radius 3 is 2.62 bits per heavy atom. The highest BCUT2D eigenvalue weighted by atomic mass is 127. The lowest BCUT2D eigenvalue weighted by Crippen LogP contribution is -2.01. The Morgan fingerprint density at radius 1 is 1.46 bits per heavy atom. The highest BCUT2D eigenvalue weighted by Gasteiger charge is 2.06. The summed E-state index contributed by atoms with van der Waals surface area (Å²) < 4.78 is 1.04. The first-order chi connectivity index (χ1) is 6.00. The van der Waals surface area contributed by atoms with Crippen LogP contribution in [0.25, 0.3) is 0 Å². The maximum Gasteiger partial charge on any atom is 0.0483 e. The smallest absolute Gasteiger partial charge is 0.0483 e. The molecule has 13 heavy (non-hydrogen) atoms. The largest absolute Gasteiger partial charge is 0.398 e. The maximum absolute atomic E-state index is 5.95. The maximum atomic E-state index is 5.95. The van der Waals surface area contributed by atoms with Gasteiger partial charge in [0.25, 0.3) is 0 Å². The van der Waals surface area contributed by atoms with Gasteiger partial charge in [-0.25, -0.2) is 0 Å². The molecule has 0 aliphatic rings. The second-order valence-corrected chi connectivity index (χ2v) is 5.16. The van der Waals surface area contributed by atoms with E-state index in [9.17, 15) is 0 Å². The summed E-state index contributed by atoms with van der Waals surface area (Å²) in [5.41, 5.74) is 7.97. The molecule has 3 heteroatoms. The van der Waals surface area contributed by atoms with E-state index in [2.05, 4.69) is 36.4 Å². The van der Waals surface area contributed by atoms with Crippen molar-refractivity contribution in [1.82, 2.24) is 0 Å². The Bertz CT molecular complexity index is 310. The molecule has 0 bridgehead atoms. The molecule has 0 aliphatic heterocycles. The molecule has 0 atom stereocenters. The Morgan fingerprint density at radius 2 is 2.08 bits per heavy atom. The number of halogens is 2. The molecule has 2 N–H and O–H groups in total. The molecule has 1 nitrogen and oxygen atoms in total. The van der Waals surface area contributed by atoms with Gasteiger partial charge in [0.1, 0.15) is 0 Å². The van der Waals surface area contributed by atoms with Crippen LogP contribution in [0.3, 0.4) is 0 Å². The van der Waals surface area contributed by atoms with Crippen LogP contribution in [0, 0.1) is 9.49 Å². The third-order valence-electron chi connectivity index (χ3n) is 1.81. The standard InChI is InChI=1S/C10H13ClIN/c1-6(2)3-7-4-8(11)5-9(12)10(7)13/h4-6H,3,13H2,1-2H3. The van der Waals surface area contributed by atoms with Gasteiger partial charge in [0.15, 0.2) is 0 Å². The summed E-state index contributed by atoms with van der Waals surface area (Å²) >= 11 is 8.16. The van der Waals surface area contributed by atoms with Gasteiger partial charge in [0, 0.05) is 14.3 Å². The molecule has 0 fully saturated rings. The average Bonchev–Trinajstić information content (AvgIpc) is 1.98. The zero-order valence-electron chi connectivity index (χ0n) is 7.77. The minimum absolute atomic E-state index is 0.608. The van der Waals surface area contributed by atoms with Crippen LogP contribution in [0.2, 0.25) is 5.02 Å². The van der Waals surface area contributed by atoms with Crippen molar-refractivity contribution >= 4 is 39.9 Å². The summed E-state index contributed by atoms with van der Waals surface area (Å²) in [6.07, 6.45) is 0.988. The second-order valence-electron chi connectivity index (χ2n) is 3.56. The van der Waals surface area contributed by atoms with Crippen molar-refractivity contribution in [2.24, 2.45) is 5.92 Å². The highest BCUT2D eigenvalue weighted by Crippen LogP contribution is 2.26. The van der Waals surface area contributed by atoms with E-state index in [-0.39, 0.29) is 0 Å². The number of hydrogen-bond donors (Lipinski definition) is 1. The topological polar surface area (TPSA) is 26.0 Å². The minimum Gasteiger partial charge on any atom is -0.398 e. The van der Waals surface area contributed by atoms with E-state index in [4.69, 9.17) is 17.3 Å². The quantitative estimate of drug-likeness (QED) is 0.654. The lowest BCUT2D eigenvalue weighted by atomic mass is 10.0. The number of rotatable bonds is 2. The molecule has 1 rings (SSSR count). The molecular formula is C10H13ClIN. The van der Waals surface area contributed by atoms with Crippen LogP contribution in [0.1, 0.15) is 19.4 Å². The Kier molecular flexibility index (Phi) is 3.86. The van der Waals surface area contributed by atoms with Gasteiger partial charge in [-0.15, -0.1) is 0 Å². The van der Waals surface area contributed by atoms with E-state index in [1.807, 2.05) is 12.1 Å². The van der Waals surface area contributed by atoms with Crippen molar-refractivity contribution in [2.75, 3.05) is 5.73 Å². The summed E-state index contributed by atoms with van der Waals surface area (Å²) in [4.78, 5) is 0. The molecule has 0 amide bonds. The molecule has 0 heterocycles. The third-order valence-corrected chi connectivity index (χ3v) is 2.92. The van der Waals surface area contributed by atoms with Gasteiger partial charge < -0.3 is 5.73 Å². The van der Waals surface area contributed by atoms with Crippen molar-refractivity contribution in [3.05, 3.63) is 26.3 Å². The van der Waals surface area contributed by atoms with Crippen LogP contribution < -0.4 is 5.73 Å². The molecule has 0 spiro atoms. The molecule has 1 aromatic rings. The van der Waals surface area contributed by atoms with Gasteiger partial charge in [0.2, 0.25) is 0 Å². The molecule has 72 valence electrons. The lowest BCUT2D eigenvalue weighted by molar-refractivity contribution is 0.648. The molecular weight excluding hydrogens is 296 g/mol. The normalized spacial score (nSPS) is 10.8. The Balaban J connectivity index is 3.05. The minimum atomic E-state index is 0.608. The zero-order chi connectivity index (χ0) is 10.0. The Hall–Kier alpha value is 0.0400. The fourth-order valence-corrected chi connectivity index (χ4v) is 2.35. The number of anilines is 1. The van der Waals surface area contributed by atoms with Gasteiger partial charge >= 0.3 is 0 Å². The predicted octanol–water partition coefficient (Wildman–Crippen LogP) is 3.73. The number of nitrogens with two attached hydrogens (primary N) is 1. The van der Waals surface area contributed by atoms with E-state index in [0.29, 0.717) is 5.92 Å². The molecule has 0 radical (unpaired) electrons. The van der Waals surface area contributed by atoms with E-state index < -0.39 is 0 Å². The van der Waals surface area contributed by atoms with E-state index in [1.165, 1.54) is 0 Å².